The van der Waals surface area contributed by atoms with Gasteiger partial charge >= 0.3 is 0 Å². The minimum Gasteiger partial charge on any atom is -0.513 e. The predicted octanol–water partition coefficient (Wildman–Crippen LogP) is 8.63. The number of phenols is 1. The molecule has 6 nitrogen and oxygen atoms in total. The maximum Gasteiger partial charge on any atom is 0.152 e. The number of rotatable bonds is 2. The monoisotopic (exact) mass is 734 g/mol. The molecule has 0 bridgehead atoms. The molecule has 0 spiro atoms. The number of phenolic OH excluding ortho intramolecular Hbond substituents is 1. The van der Waals surface area contributed by atoms with Crippen LogP contribution in [0.25, 0.3) is 61.0 Å². The van der Waals surface area contributed by atoms with Crippen molar-refractivity contribution in [3.8, 4) is 22.7 Å². The van der Waals surface area contributed by atoms with Crippen LogP contribution in [0, 0.1) is 6.07 Å². The zero-order chi connectivity index (χ0) is 28.7. The number of furan rings is 1. The molecule has 0 aliphatic carbocycles. The third-order valence-electron chi connectivity index (χ3n) is 7.87. The van der Waals surface area contributed by atoms with Crippen molar-refractivity contribution in [2.24, 2.45) is 0 Å². The number of nitrogens with zero attached hydrogens (tertiary/aromatic N) is 4. The Labute approximate surface area is 258 Å². The van der Waals surface area contributed by atoms with Gasteiger partial charge in [-0.05, 0) is 63.4 Å². The number of hydrogen-bond donors (Lipinski definition) is 1. The Morgan fingerprint density at radius 1 is 0.833 bits per heavy atom. The molecule has 0 amide bonds. The van der Waals surface area contributed by atoms with E-state index in [0.717, 1.165) is 38.8 Å². The Balaban J connectivity index is 0.00000316. The fourth-order valence-electron chi connectivity index (χ4n) is 5.70. The number of aromatic hydroxyl groups is 1. The smallest absolute Gasteiger partial charge is 0.152 e. The maximum absolute atomic E-state index is 11.9. The van der Waals surface area contributed by atoms with Gasteiger partial charge in [0.15, 0.2) is 5.71 Å². The van der Waals surface area contributed by atoms with Gasteiger partial charge in [-0.1, -0.05) is 77.4 Å². The molecule has 0 aliphatic heterocycles. The fourth-order valence-corrected chi connectivity index (χ4v) is 5.70. The molecule has 5 heterocycles. The van der Waals surface area contributed by atoms with E-state index in [1.165, 1.54) is 5.56 Å². The molecule has 0 saturated carbocycles. The van der Waals surface area contributed by atoms with Gasteiger partial charge < -0.3 is 14.5 Å². The number of para-hydroxylation sites is 1. The minimum atomic E-state index is -0.118. The molecular weight excluding hydrogens is 703 g/mol. The van der Waals surface area contributed by atoms with Gasteiger partial charge in [-0.3, -0.25) is 9.55 Å². The first-order valence-electron chi connectivity index (χ1n) is 13.8. The van der Waals surface area contributed by atoms with Gasteiger partial charge in [-0.25, -0.2) is 4.98 Å². The summed E-state index contributed by atoms with van der Waals surface area (Å²) in [6, 6.07) is 21.8. The Bertz CT molecular complexity index is 2150. The summed E-state index contributed by atoms with van der Waals surface area (Å²) < 4.78 is 8.23. The van der Waals surface area contributed by atoms with E-state index in [1.54, 1.807) is 12.4 Å². The average molecular weight is 735 g/mol. The number of fused-ring (bicyclic) bond motifs is 6. The molecule has 42 heavy (non-hydrogen) atoms. The van der Waals surface area contributed by atoms with Crippen LogP contribution in [0.4, 0.5) is 0 Å². The van der Waals surface area contributed by atoms with Crippen LogP contribution in [-0.4, -0.2) is 24.6 Å². The van der Waals surface area contributed by atoms with E-state index < -0.39 is 0 Å². The van der Waals surface area contributed by atoms with Crippen LogP contribution in [0.5, 0.6) is 5.75 Å². The van der Waals surface area contributed by atoms with Crippen LogP contribution in [0.1, 0.15) is 52.7 Å². The van der Waals surface area contributed by atoms with Crippen LogP contribution >= 0.6 is 0 Å². The standard InChI is InChI=1S/C35H31N4O2.Pt/c1-34(2,3)21-13-15-36-28(18-21)39-27-10-8-7-9-23(27)24-12-11-22(31(40)30(24)39)20-17-25-29-32(41-33(25)38-19-20)26(14-16-37-29)35(4,5)6;/h7-16,18-19,40H,1-6H3;/q-1;. The van der Waals surface area contributed by atoms with Gasteiger partial charge in [-0.2, -0.15) is 0 Å². The van der Waals surface area contributed by atoms with Crippen LogP contribution in [0.2, 0.25) is 0 Å². The second-order valence-corrected chi connectivity index (χ2v) is 12.7. The van der Waals surface area contributed by atoms with Gasteiger partial charge in [0.1, 0.15) is 17.2 Å². The van der Waals surface area contributed by atoms with E-state index in [9.17, 15) is 5.11 Å². The summed E-state index contributed by atoms with van der Waals surface area (Å²) in [5, 5.41) is 14.6. The molecule has 0 fully saturated rings. The summed E-state index contributed by atoms with van der Waals surface area (Å²) in [6.07, 6.45) is 5.35. The van der Waals surface area contributed by atoms with Crippen molar-refractivity contribution in [3.63, 3.8) is 0 Å². The molecule has 0 atom stereocenters. The normalized spacial score (nSPS) is 12.4. The van der Waals surface area contributed by atoms with Gasteiger partial charge in [0.2, 0.25) is 0 Å². The van der Waals surface area contributed by atoms with E-state index in [4.69, 9.17) is 9.40 Å². The first-order valence-corrected chi connectivity index (χ1v) is 13.8. The molecule has 7 heteroatoms. The van der Waals surface area contributed by atoms with E-state index in [0.29, 0.717) is 27.7 Å². The Morgan fingerprint density at radius 2 is 1.60 bits per heavy atom. The summed E-state index contributed by atoms with van der Waals surface area (Å²) in [6.45, 7) is 13.0. The molecule has 7 aromatic rings. The van der Waals surface area contributed by atoms with Crippen LogP contribution < -0.4 is 0 Å². The summed E-state index contributed by atoms with van der Waals surface area (Å²) in [5.41, 5.74) is 6.95. The van der Waals surface area contributed by atoms with Gasteiger partial charge in [0.05, 0.1) is 16.6 Å². The average Bonchev–Trinajstić information content (AvgIpc) is 3.48. The fraction of sp³-hybridized carbons (Fsp3) is 0.229. The molecule has 0 aliphatic rings. The Morgan fingerprint density at radius 3 is 2.36 bits per heavy atom. The van der Waals surface area contributed by atoms with Crippen LogP contribution in [0.3, 0.4) is 0 Å². The number of hydrogen-bond acceptors (Lipinski definition) is 5. The second kappa shape index (κ2) is 9.77. The largest absolute Gasteiger partial charge is 0.513 e. The molecule has 214 valence electrons. The van der Waals surface area contributed by atoms with Crippen molar-refractivity contribution in [3.05, 3.63) is 90.4 Å². The molecule has 1 N–H and O–H groups in total. The van der Waals surface area contributed by atoms with Crippen molar-refractivity contribution < 1.29 is 30.6 Å². The third kappa shape index (κ3) is 4.32. The molecule has 7 rings (SSSR count). The summed E-state index contributed by atoms with van der Waals surface area (Å²) in [4.78, 5) is 14.0. The van der Waals surface area contributed by atoms with Gasteiger partial charge in [0, 0.05) is 44.2 Å². The number of aromatic nitrogens is 4. The van der Waals surface area contributed by atoms with Crippen LogP contribution in [0.15, 0.2) is 77.6 Å². The van der Waals surface area contributed by atoms with Crippen LogP contribution in [-0.2, 0) is 31.9 Å². The zero-order valence-corrected chi connectivity index (χ0v) is 26.7. The summed E-state index contributed by atoms with van der Waals surface area (Å²) in [7, 11) is 0. The van der Waals surface area contributed by atoms with E-state index in [-0.39, 0.29) is 37.6 Å². The Hall–Kier alpha value is -4.02. The van der Waals surface area contributed by atoms with E-state index in [2.05, 4.69) is 86.4 Å². The third-order valence-corrected chi connectivity index (χ3v) is 7.87. The van der Waals surface area contributed by atoms with Gasteiger partial charge in [0.25, 0.3) is 0 Å². The van der Waals surface area contributed by atoms with Crippen molar-refractivity contribution in [1.29, 1.82) is 0 Å². The molecule has 0 unspecified atom stereocenters. The number of pyridine rings is 3. The first kappa shape index (κ1) is 28.1. The second-order valence-electron chi connectivity index (χ2n) is 12.7. The molecule has 5 aromatic heterocycles. The van der Waals surface area contributed by atoms with Gasteiger partial charge in [-0.15, -0.1) is 6.07 Å². The minimum absolute atomic E-state index is 0. The SMILES string of the molecule is CC(C)(C)c1ccnc(-n2c3ccccc3c3ccc(-c4[c-]c5c(nc4)oc4c(C(C)(C)C)ccnc45)c(O)c32)c1.[Pt]. The Kier molecular flexibility index (Phi) is 6.54. The summed E-state index contributed by atoms with van der Waals surface area (Å²) in [5.74, 6) is 0.906. The van der Waals surface area contributed by atoms with Crippen molar-refractivity contribution in [2.45, 2.75) is 52.4 Å². The predicted molar refractivity (Wildman–Crippen MR) is 165 cm³/mol. The van der Waals surface area contributed by atoms with Crippen molar-refractivity contribution >= 4 is 44.0 Å². The topological polar surface area (TPSA) is 77.0 Å². The maximum atomic E-state index is 11.9. The molecule has 0 saturated heterocycles. The first-order chi connectivity index (χ1) is 19.5. The van der Waals surface area contributed by atoms with Crippen molar-refractivity contribution in [2.75, 3.05) is 0 Å². The quantitative estimate of drug-likeness (QED) is 0.180. The van der Waals surface area contributed by atoms with Crippen molar-refractivity contribution in [1.82, 2.24) is 19.5 Å². The van der Waals surface area contributed by atoms with E-state index >= 15 is 0 Å². The zero-order valence-electron chi connectivity index (χ0n) is 24.4. The molecular formula is C35H31N4O2Pt-. The van der Waals surface area contributed by atoms with E-state index in [1.807, 2.05) is 36.5 Å². The molecule has 0 radical (unpaired) electrons. The summed E-state index contributed by atoms with van der Waals surface area (Å²) >= 11 is 0. The number of benzene rings is 2. The molecule has 2 aromatic carbocycles.